The van der Waals surface area contributed by atoms with Gasteiger partial charge in [-0.2, -0.15) is 0 Å². The van der Waals surface area contributed by atoms with Crippen LogP contribution in [0.5, 0.6) is 0 Å². The van der Waals surface area contributed by atoms with Crippen molar-refractivity contribution in [2.45, 2.75) is 44.6 Å². The largest absolute Gasteiger partial charge is 0.289 e. The number of rotatable bonds is 0. The first-order chi connectivity index (χ1) is 9.20. The van der Waals surface area contributed by atoms with Crippen molar-refractivity contribution in [3.63, 3.8) is 0 Å². The van der Waals surface area contributed by atoms with Gasteiger partial charge in [0.1, 0.15) is 0 Å². The lowest BCUT2D eigenvalue weighted by Crippen LogP contribution is -2.20. The molecule has 96 valence electrons. The average molecular weight is 251 g/mol. The second-order valence-corrected chi connectivity index (χ2v) is 6.05. The number of ketones is 1. The van der Waals surface area contributed by atoms with Crippen LogP contribution in [0.25, 0.3) is 0 Å². The summed E-state index contributed by atoms with van der Waals surface area (Å²) in [6.07, 6.45) is 5.90. The third-order valence-electron chi connectivity index (χ3n) is 4.89. The first-order valence-corrected chi connectivity index (χ1v) is 7.14. The van der Waals surface area contributed by atoms with Gasteiger partial charge in [0, 0.05) is 23.1 Å². The van der Waals surface area contributed by atoms with E-state index in [9.17, 15) is 4.79 Å². The zero-order valence-electron chi connectivity index (χ0n) is 11.2. The van der Waals surface area contributed by atoms with Gasteiger partial charge in [-0.1, -0.05) is 37.1 Å². The van der Waals surface area contributed by atoms with Crippen LogP contribution in [0.3, 0.4) is 0 Å². The second kappa shape index (κ2) is 3.66. The lowest BCUT2D eigenvalue weighted by atomic mass is 9.82. The summed E-state index contributed by atoms with van der Waals surface area (Å²) < 4.78 is 0. The van der Waals surface area contributed by atoms with E-state index in [0.717, 1.165) is 28.8 Å². The van der Waals surface area contributed by atoms with E-state index >= 15 is 0 Å². The highest BCUT2D eigenvalue weighted by Crippen LogP contribution is 2.46. The van der Waals surface area contributed by atoms with Crippen molar-refractivity contribution < 1.29 is 4.79 Å². The number of benzene rings is 1. The number of carbonyl (C=O) groups is 1. The number of Topliss-reactive ketones (excluding diaryl/α,β-unsaturated/α-hetero) is 1. The predicted octanol–water partition coefficient (Wildman–Crippen LogP) is 3.71. The van der Waals surface area contributed by atoms with Gasteiger partial charge in [-0.15, -0.1) is 0 Å². The highest BCUT2D eigenvalue weighted by molar-refractivity contribution is 6.29. The number of nitrogens with zero attached hydrogens (tertiary/aromatic N) is 1. The summed E-state index contributed by atoms with van der Waals surface area (Å²) in [5.41, 5.74) is 5.24. The van der Waals surface area contributed by atoms with Crippen LogP contribution in [0.4, 0.5) is 0 Å². The van der Waals surface area contributed by atoms with Crippen molar-refractivity contribution in [2.24, 2.45) is 4.99 Å². The Kier molecular flexibility index (Phi) is 2.15. The molecule has 3 aliphatic rings. The lowest BCUT2D eigenvalue weighted by Gasteiger charge is -2.19. The summed E-state index contributed by atoms with van der Waals surface area (Å²) in [5, 5.41) is 0. The molecule has 2 heteroatoms. The van der Waals surface area contributed by atoms with Crippen LogP contribution in [-0.2, 0) is 0 Å². The quantitative estimate of drug-likeness (QED) is 0.691. The highest BCUT2D eigenvalue weighted by atomic mass is 16.1. The van der Waals surface area contributed by atoms with E-state index in [-0.39, 0.29) is 11.3 Å². The van der Waals surface area contributed by atoms with Gasteiger partial charge in [0.15, 0.2) is 5.78 Å². The molecular formula is C17H17NO. The van der Waals surface area contributed by atoms with Crippen LogP contribution in [0, 0.1) is 0 Å². The summed E-state index contributed by atoms with van der Waals surface area (Å²) in [6.45, 7) is 1.97. The molecule has 1 aromatic rings. The van der Waals surface area contributed by atoms with Crippen LogP contribution in [0.15, 0.2) is 40.4 Å². The number of hydrogen-bond acceptors (Lipinski definition) is 2. The molecular weight excluding hydrogens is 234 g/mol. The molecule has 0 saturated heterocycles. The number of fused-ring (bicyclic) bond motifs is 3. The smallest absolute Gasteiger partial charge is 0.189 e. The molecule has 0 amide bonds. The Morgan fingerprint density at radius 3 is 2.53 bits per heavy atom. The molecule has 2 nitrogen and oxygen atoms in total. The van der Waals surface area contributed by atoms with E-state index < -0.39 is 0 Å². The topological polar surface area (TPSA) is 29.4 Å². The number of allylic oxidation sites excluding steroid dienone is 1. The molecule has 0 unspecified atom stereocenters. The van der Waals surface area contributed by atoms with Gasteiger partial charge in [-0.25, -0.2) is 0 Å². The van der Waals surface area contributed by atoms with Crippen molar-refractivity contribution in [2.75, 3.05) is 0 Å². The molecule has 0 N–H and O–H groups in total. The number of carbonyl (C=O) groups excluding carboxylic acids is 1. The third kappa shape index (κ3) is 1.43. The van der Waals surface area contributed by atoms with Gasteiger partial charge in [0.2, 0.25) is 0 Å². The average Bonchev–Trinajstić information content (AvgIpc) is 3.04. The van der Waals surface area contributed by atoms with E-state index in [1.807, 2.05) is 31.2 Å². The molecule has 2 aliphatic carbocycles. The van der Waals surface area contributed by atoms with Gasteiger partial charge in [-0.3, -0.25) is 9.79 Å². The van der Waals surface area contributed by atoms with Crippen LogP contribution in [0.2, 0.25) is 0 Å². The number of aliphatic imine (C=N–C) groups is 1. The first kappa shape index (κ1) is 11.2. The monoisotopic (exact) mass is 251 g/mol. The zero-order valence-corrected chi connectivity index (χ0v) is 11.2. The molecule has 1 aliphatic heterocycles. The van der Waals surface area contributed by atoms with E-state index in [0.29, 0.717) is 0 Å². The van der Waals surface area contributed by atoms with E-state index in [1.54, 1.807) is 0 Å². The SMILES string of the molecule is CC1=C2CC3(CCCC3)N=C2c2ccccc2C1=O. The van der Waals surface area contributed by atoms with Crippen LogP contribution >= 0.6 is 0 Å². The molecule has 0 bridgehead atoms. The van der Waals surface area contributed by atoms with Crippen molar-refractivity contribution in [1.82, 2.24) is 0 Å². The van der Waals surface area contributed by atoms with Crippen LogP contribution < -0.4 is 0 Å². The maximum Gasteiger partial charge on any atom is 0.189 e. The maximum atomic E-state index is 12.4. The Morgan fingerprint density at radius 1 is 1.11 bits per heavy atom. The van der Waals surface area contributed by atoms with Crippen molar-refractivity contribution >= 4 is 11.5 Å². The standard InChI is InChI=1S/C17H17NO/c1-11-14-10-17(8-4-5-9-17)18-15(14)12-6-2-3-7-13(12)16(11)19/h2-3,6-7H,4-5,8-10H2,1H3. The molecule has 4 rings (SSSR count). The predicted molar refractivity (Wildman–Crippen MR) is 75.8 cm³/mol. The van der Waals surface area contributed by atoms with Crippen molar-refractivity contribution in [1.29, 1.82) is 0 Å². The lowest BCUT2D eigenvalue weighted by molar-refractivity contribution is 0.103. The normalized spacial score (nSPS) is 23.6. The van der Waals surface area contributed by atoms with Crippen LogP contribution in [0.1, 0.15) is 54.9 Å². The van der Waals surface area contributed by atoms with Gasteiger partial charge in [-0.05, 0) is 25.3 Å². The van der Waals surface area contributed by atoms with Crippen LogP contribution in [-0.4, -0.2) is 17.0 Å². The second-order valence-electron chi connectivity index (χ2n) is 6.05. The Balaban J connectivity index is 1.95. The molecule has 1 saturated carbocycles. The van der Waals surface area contributed by atoms with Crippen molar-refractivity contribution in [3.8, 4) is 0 Å². The zero-order chi connectivity index (χ0) is 13.0. The fraction of sp³-hybridized carbons (Fsp3) is 0.412. The van der Waals surface area contributed by atoms with Crippen molar-refractivity contribution in [3.05, 3.63) is 46.5 Å². The maximum absolute atomic E-state index is 12.4. The molecule has 1 fully saturated rings. The van der Waals surface area contributed by atoms with Gasteiger partial charge in [0.05, 0.1) is 11.3 Å². The van der Waals surface area contributed by atoms with Gasteiger partial charge < -0.3 is 0 Å². The van der Waals surface area contributed by atoms with Gasteiger partial charge in [0.25, 0.3) is 0 Å². The Labute approximate surface area is 113 Å². The molecule has 0 radical (unpaired) electrons. The molecule has 19 heavy (non-hydrogen) atoms. The third-order valence-corrected chi connectivity index (χ3v) is 4.89. The first-order valence-electron chi connectivity index (χ1n) is 7.14. The molecule has 1 aromatic carbocycles. The van der Waals surface area contributed by atoms with E-state index in [2.05, 4.69) is 0 Å². The minimum atomic E-state index is 0.115. The molecule has 1 spiro atoms. The summed E-state index contributed by atoms with van der Waals surface area (Å²) in [5.74, 6) is 0.194. The summed E-state index contributed by atoms with van der Waals surface area (Å²) >= 11 is 0. The van der Waals surface area contributed by atoms with E-state index in [1.165, 1.54) is 31.3 Å². The Bertz CT molecular complexity index is 645. The minimum absolute atomic E-state index is 0.115. The summed E-state index contributed by atoms with van der Waals surface area (Å²) in [7, 11) is 0. The highest BCUT2D eigenvalue weighted by Gasteiger charge is 2.43. The number of hydrogen-bond donors (Lipinski definition) is 0. The Morgan fingerprint density at radius 2 is 1.79 bits per heavy atom. The summed E-state index contributed by atoms with van der Waals surface area (Å²) in [4.78, 5) is 17.5. The Hall–Kier alpha value is -1.70. The van der Waals surface area contributed by atoms with E-state index in [4.69, 9.17) is 4.99 Å². The van der Waals surface area contributed by atoms with Gasteiger partial charge >= 0.3 is 0 Å². The molecule has 1 heterocycles. The summed E-state index contributed by atoms with van der Waals surface area (Å²) in [6, 6.07) is 7.93. The molecule has 0 atom stereocenters. The minimum Gasteiger partial charge on any atom is -0.289 e. The fourth-order valence-electron chi connectivity index (χ4n) is 3.84. The molecule has 0 aromatic heterocycles. The fourth-order valence-corrected chi connectivity index (χ4v) is 3.84.